The molecule has 1 amide bonds. The van der Waals surface area contributed by atoms with Crippen LogP contribution in [0, 0.1) is 5.92 Å². The molecule has 0 radical (unpaired) electrons. The first kappa shape index (κ1) is 23.7. The van der Waals surface area contributed by atoms with E-state index in [1.165, 1.54) is 56.9 Å². The first-order chi connectivity index (χ1) is 15.4. The number of piperazine rings is 1. The molecule has 1 heterocycles. The van der Waals surface area contributed by atoms with Gasteiger partial charge in [0.25, 0.3) is 0 Å². The molecule has 7 heteroatoms. The number of carbonyl (C=O) groups is 1. The number of amides is 1. The summed E-state index contributed by atoms with van der Waals surface area (Å²) in [7, 11) is -3.49. The lowest BCUT2D eigenvalue weighted by molar-refractivity contribution is -0.123. The van der Waals surface area contributed by atoms with Crippen LogP contribution in [-0.2, 0) is 14.8 Å². The van der Waals surface area contributed by atoms with E-state index >= 15 is 0 Å². The SMILES string of the molecule is C[C@@H]1CCCC[C@@H]1NC(=O)CN1CCN(S(=O)(=O)c2ccc(C3CCCCC3)cc2)CC1. The van der Waals surface area contributed by atoms with Gasteiger partial charge in [0.15, 0.2) is 0 Å². The van der Waals surface area contributed by atoms with Crippen LogP contribution in [0.3, 0.4) is 0 Å². The van der Waals surface area contributed by atoms with Gasteiger partial charge in [0.1, 0.15) is 0 Å². The molecule has 2 aliphatic carbocycles. The van der Waals surface area contributed by atoms with Gasteiger partial charge in [0.05, 0.1) is 11.4 Å². The van der Waals surface area contributed by atoms with Crippen LogP contribution in [0.5, 0.6) is 0 Å². The van der Waals surface area contributed by atoms with Gasteiger partial charge in [0, 0.05) is 32.2 Å². The smallest absolute Gasteiger partial charge is 0.243 e. The average molecular weight is 462 g/mol. The minimum Gasteiger partial charge on any atom is -0.352 e. The highest BCUT2D eigenvalue weighted by Gasteiger charge is 2.30. The summed E-state index contributed by atoms with van der Waals surface area (Å²) in [6.07, 6.45) is 11.0. The number of hydrogen-bond acceptors (Lipinski definition) is 4. The second-order valence-electron chi connectivity index (χ2n) is 10.0. The molecular formula is C25H39N3O3S. The van der Waals surface area contributed by atoms with Gasteiger partial charge in [-0.2, -0.15) is 4.31 Å². The molecule has 2 atom stereocenters. The predicted molar refractivity (Wildman–Crippen MR) is 127 cm³/mol. The quantitative estimate of drug-likeness (QED) is 0.701. The zero-order chi connectivity index (χ0) is 22.6. The van der Waals surface area contributed by atoms with E-state index in [0.717, 1.165) is 6.42 Å². The molecule has 1 aliphatic heterocycles. The Bertz CT molecular complexity index is 857. The lowest BCUT2D eigenvalue weighted by atomic mass is 9.84. The molecule has 1 aromatic carbocycles. The van der Waals surface area contributed by atoms with Crippen molar-refractivity contribution in [2.75, 3.05) is 32.7 Å². The van der Waals surface area contributed by atoms with Crippen LogP contribution in [0.25, 0.3) is 0 Å². The van der Waals surface area contributed by atoms with Crippen molar-refractivity contribution in [2.24, 2.45) is 5.92 Å². The molecule has 3 fully saturated rings. The van der Waals surface area contributed by atoms with Gasteiger partial charge >= 0.3 is 0 Å². The Morgan fingerprint density at radius 2 is 1.53 bits per heavy atom. The summed E-state index contributed by atoms with van der Waals surface area (Å²) in [5, 5.41) is 3.20. The summed E-state index contributed by atoms with van der Waals surface area (Å²) in [5.74, 6) is 1.18. The number of nitrogens with one attached hydrogen (secondary N) is 1. The lowest BCUT2D eigenvalue weighted by Gasteiger charge is -2.34. The Hall–Kier alpha value is -1.44. The zero-order valence-corrected chi connectivity index (χ0v) is 20.3. The fourth-order valence-corrected chi connectivity index (χ4v) is 7.03. The third-order valence-corrected chi connectivity index (χ3v) is 9.66. The van der Waals surface area contributed by atoms with Crippen molar-refractivity contribution in [1.82, 2.24) is 14.5 Å². The Kier molecular flexibility index (Phi) is 7.90. The number of rotatable bonds is 6. The van der Waals surface area contributed by atoms with Crippen LogP contribution in [0.1, 0.15) is 76.2 Å². The maximum Gasteiger partial charge on any atom is 0.243 e. The van der Waals surface area contributed by atoms with Crippen LogP contribution < -0.4 is 5.32 Å². The number of benzene rings is 1. The van der Waals surface area contributed by atoms with E-state index in [2.05, 4.69) is 17.1 Å². The fourth-order valence-electron chi connectivity index (χ4n) is 5.61. The summed E-state index contributed by atoms with van der Waals surface area (Å²) in [4.78, 5) is 15.0. The van der Waals surface area contributed by atoms with Crippen LogP contribution in [0.2, 0.25) is 0 Å². The summed E-state index contributed by atoms with van der Waals surface area (Å²) < 4.78 is 27.8. The summed E-state index contributed by atoms with van der Waals surface area (Å²) in [5.41, 5.74) is 1.27. The molecule has 0 bridgehead atoms. The minimum atomic E-state index is -3.49. The van der Waals surface area contributed by atoms with Crippen LogP contribution >= 0.6 is 0 Å². The standard InChI is InChI=1S/C25H39N3O3S/c1-20-7-5-6-10-24(20)26-25(29)19-27-15-17-28(18-16-27)32(30,31)23-13-11-22(12-14-23)21-8-3-2-4-9-21/h11-14,20-21,24H,2-10,15-19H2,1H3,(H,26,29)/t20-,24+/m1/s1. The number of carbonyl (C=O) groups excluding carboxylic acids is 1. The van der Waals surface area contributed by atoms with Gasteiger partial charge in [0.2, 0.25) is 15.9 Å². The molecule has 32 heavy (non-hydrogen) atoms. The molecule has 178 valence electrons. The van der Waals surface area contributed by atoms with E-state index in [4.69, 9.17) is 0 Å². The highest BCUT2D eigenvalue weighted by atomic mass is 32.2. The fraction of sp³-hybridized carbons (Fsp3) is 0.720. The number of nitrogens with zero attached hydrogens (tertiary/aromatic N) is 2. The Morgan fingerprint density at radius 3 is 2.19 bits per heavy atom. The predicted octanol–water partition coefficient (Wildman–Crippen LogP) is 3.74. The third-order valence-electron chi connectivity index (χ3n) is 7.75. The van der Waals surface area contributed by atoms with Crippen molar-refractivity contribution in [1.29, 1.82) is 0 Å². The van der Waals surface area contributed by atoms with Crippen molar-refractivity contribution in [2.45, 2.75) is 81.6 Å². The number of sulfonamides is 1. The molecule has 6 nitrogen and oxygen atoms in total. The highest BCUT2D eigenvalue weighted by molar-refractivity contribution is 7.89. The van der Waals surface area contributed by atoms with E-state index in [1.807, 2.05) is 12.1 Å². The van der Waals surface area contributed by atoms with Crippen molar-refractivity contribution < 1.29 is 13.2 Å². The molecule has 1 saturated heterocycles. The highest BCUT2D eigenvalue weighted by Crippen LogP contribution is 2.33. The molecule has 2 saturated carbocycles. The lowest BCUT2D eigenvalue weighted by Crippen LogP contribution is -2.52. The van der Waals surface area contributed by atoms with Gasteiger partial charge in [-0.25, -0.2) is 8.42 Å². The average Bonchev–Trinajstić information content (AvgIpc) is 2.81. The molecule has 0 spiro atoms. The van der Waals surface area contributed by atoms with Gasteiger partial charge in [-0.3, -0.25) is 9.69 Å². The third kappa shape index (κ3) is 5.72. The largest absolute Gasteiger partial charge is 0.352 e. The van der Waals surface area contributed by atoms with E-state index in [1.54, 1.807) is 16.4 Å². The summed E-state index contributed by atoms with van der Waals surface area (Å²) in [6, 6.07) is 7.87. The van der Waals surface area contributed by atoms with Crippen LogP contribution in [0.15, 0.2) is 29.2 Å². The van der Waals surface area contributed by atoms with Crippen molar-refractivity contribution >= 4 is 15.9 Å². The van der Waals surface area contributed by atoms with Crippen LogP contribution in [-0.4, -0.2) is 62.3 Å². The first-order valence-corrected chi connectivity index (χ1v) is 14.0. The first-order valence-electron chi connectivity index (χ1n) is 12.6. The summed E-state index contributed by atoms with van der Waals surface area (Å²) >= 11 is 0. The molecule has 0 unspecified atom stereocenters. The molecule has 1 N–H and O–H groups in total. The Balaban J connectivity index is 1.27. The minimum absolute atomic E-state index is 0.0679. The maximum absolute atomic E-state index is 13.1. The summed E-state index contributed by atoms with van der Waals surface area (Å²) in [6.45, 7) is 4.61. The molecule has 4 rings (SSSR count). The van der Waals surface area contributed by atoms with E-state index in [-0.39, 0.29) is 11.9 Å². The topological polar surface area (TPSA) is 69.7 Å². The van der Waals surface area contributed by atoms with E-state index in [9.17, 15) is 13.2 Å². The van der Waals surface area contributed by atoms with Crippen molar-refractivity contribution in [3.05, 3.63) is 29.8 Å². The normalized spacial score (nSPS) is 26.7. The second-order valence-corrected chi connectivity index (χ2v) is 12.0. The molecule has 3 aliphatic rings. The molecule has 0 aromatic heterocycles. The molecule has 1 aromatic rings. The second kappa shape index (κ2) is 10.7. The Labute approximate surface area is 193 Å². The zero-order valence-electron chi connectivity index (χ0n) is 19.5. The van der Waals surface area contributed by atoms with E-state index < -0.39 is 10.0 Å². The van der Waals surface area contributed by atoms with Gasteiger partial charge in [-0.05, 0) is 55.2 Å². The van der Waals surface area contributed by atoms with Gasteiger partial charge in [-0.15, -0.1) is 0 Å². The molecular weight excluding hydrogens is 422 g/mol. The Morgan fingerprint density at radius 1 is 0.906 bits per heavy atom. The van der Waals surface area contributed by atoms with Crippen molar-refractivity contribution in [3.63, 3.8) is 0 Å². The van der Waals surface area contributed by atoms with Gasteiger partial charge in [-0.1, -0.05) is 51.2 Å². The number of hydrogen-bond donors (Lipinski definition) is 1. The monoisotopic (exact) mass is 461 g/mol. The van der Waals surface area contributed by atoms with Crippen molar-refractivity contribution in [3.8, 4) is 0 Å². The maximum atomic E-state index is 13.1. The van der Waals surface area contributed by atoms with Crippen LogP contribution in [0.4, 0.5) is 0 Å². The van der Waals surface area contributed by atoms with Gasteiger partial charge < -0.3 is 5.32 Å². The van der Waals surface area contributed by atoms with E-state index in [0.29, 0.717) is 49.5 Å².